The molecule has 2 aromatic carbocycles. The Morgan fingerprint density at radius 3 is 2.20 bits per heavy atom. The molecule has 132 valence electrons. The van der Waals surface area contributed by atoms with E-state index in [1.807, 2.05) is 13.8 Å². The molecule has 0 unspecified atom stereocenters. The lowest BCUT2D eigenvalue weighted by molar-refractivity contribution is -0.136. The van der Waals surface area contributed by atoms with Gasteiger partial charge in [0, 0.05) is 10.9 Å². The summed E-state index contributed by atoms with van der Waals surface area (Å²) < 4.78 is 44.7. The van der Waals surface area contributed by atoms with Gasteiger partial charge in [0.15, 0.2) is 0 Å². The zero-order chi connectivity index (χ0) is 18.6. The molecule has 3 rings (SSSR count). The molecule has 0 bridgehead atoms. The molecule has 0 spiro atoms. The predicted octanol–water partition coefficient (Wildman–Crippen LogP) is 5.67. The highest BCUT2D eigenvalue weighted by Crippen LogP contribution is 2.38. The van der Waals surface area contributed by atoms with E-state index in [0.717, 1.165) is 6.07 Å². The standard InChI is InChI=1S/C17H12F3NO2.C2H6/c1-23-16(22)15-9-12-13(17(18,19)20)7-11(8-14(12)21-15)10-5-3-2-4-6-10;1-2/h2-9,21H,1H3;1-2H3. The summed E-state index contributed by atoms with van der Waals surface area (Å²) in [6.45, 7) is 4.00. The Morgan fingerprint density at radius 1 is 1.00 bits per heavy atom. The summed E-state index contributed by atoms with van der Waals surface area (Å²) in [5.74, 6) is -0.712. The number of nitrogens with one attached hydrogen (secondary N) is 1. The molecule has 1 aromatic heterocycles. The predicted molar refractivity (Wildman–Crippen MR) is 91.4 cm³/mol. The molecule has 0 aliphatic heterocycles. The number of benzene rings is 2. The maximum absolute atomic E-state index is 13.4. The van der Waals surface area contributed by atoms with Crippen molar-refractivity contribution in [3.63, 3.8) is 0 Å². The van der Waals surface area contributed by atoms with Crippen LogP contribution in [0.1, 0.15) is 29.9 Å². The summed E-state index contributed by atoms with van der Waals surface area (Å²) in [5.41, 5.74) is 0.510. The molecule has 0 atom stereocenters. The van der Waals surface area contributed by atoms with Crippen molar-refractivity contribution in [3.05, 3.63) is 59.8 Å². The first-order valence-electron chi connectivity index (χ1n) is 7.78. The van der Waals surface area contributed by atoms with Gasteiger partial charge in [-0.05, 0) is 29.3 Å². The monoisotopic (exact) mass is 349 g/mol. The number of rotatable bonds is 2. The highest BCUT2D eigenvalue weighted by Gasteiger charge is 2.34. The van der Waals surface area contributed by atoms with Gasteiger partial charge in [0.25, 0.3) is 0 Å². The third-order valence-corrected chi connectivity index (χ3v) is 3.56. The zero-order valence-electron chi connectivity index (χ0n) is 14.1. The first kappa shape index (κ1) is 18.6. The second-order valence-corrected chi connectivity index (χ2v) is 5.02. The van der Waals surface area contributed by atoms with Crippen molar-refractivity contribution in [2.75, 3.05) is 7.11 Å². The van der Waals surface area contributed by atoms with Gasteiger partial charge in [-0.1, -0.05) is 44.2 Å². The van der Waals surface area contributed by atoms with Crippen molar-refractivity contribution in [1.82, 2.24) is 4.98 Å². The maximum atomic E-state index is 13.4. The number of carbonyl (C=O) groups is 1. The fourth-order valence-corrected chi connectivity index (χ4v) is 2.49. The summed E-state index contributed by atoms with van der Waals surface area (Å²) >= 11 is 0. The van der Waals surface area contributed by atoms with E-state index in [-0.39, 0.29) is 16.6 Å². The smallest absolute Gasteiger partial charge is 0.417 e. The minimum absolute atomic E-state index is 0.0155. The fraction of sp³-hybridized carbons (Fsp3) is 0.211. The van der Waals surface area contributed by atoms with Crippen LogP contribution in [0.25, 0.3) is 22.0 Å². The van der Waals surface area contributed by atoms with Gasteiger partial charge in [0.1, 0.15) is 5.69 Å². The van der Waals surface area contributed by atoms with Gasteiger partial charge < -0.3 is 9.72 Å². The number of methoxy groups -OCH3 is 1. The lowest BCUT2D eigenvalue weighted by Crippen LogP contribution is -2.05. The molecule has 0 saturated heterocycles. The van der Waals surface area contributed by atoms with Crippen LogP contribution in [0.4, 0.5) is 13.2 Å². The van der Waals surface area contributed by atoms with Crippen molar-refractivity contribution >= 4 is 16.9 Å². The lowest BCUT2D eigenvalue weighted by Gasteiger charge is -2.11. The highest BCUT2D eigenvalue weighted by atomic mass is 19.4. The van der Waals surface area contributed by atoms with E-state index in [2.05, 4.69) is 9.72 Å². The number of ether oxygens (including phenoxy) is 1. The van der Waals surface area contributed by atoms with Gasteiger partial charge >= 0.3 is 12.1 Å². The van der Waals surface area contributed by atoms with Crippen molar-refractivity contribution in [3.8, 4) is 11.1 Å². The number of H-pyrrole nitrogens is 1. The first-order chi connectivity index (χ1) is 11.9. The molecule has 3 aromatic rings. The Bertz CT molecular complexity index is 868. The Hall–Kier alpha value is -2.76. The zero-order valence-corrected chi connectivity index (χ0v) is 14.1. The fourth-order valence-electron chi connectivity index (χ4n) is 2.49. The van der Waals surface area contributed by atoms with E-state index in [9.17, 15) is 18.0 Å². The molecular formula is C19H18F3NO2. The van der Waals surface area contributed by atoms with Gasteiger partial charge in [-0.3, -0.25) is 0 Å². The van der Waals surface area contributed by atoms with Crippen LogP contribution in [0.5, 0.6) is 0 Å². The van der Waals surface area contributed by atoms with Gasteiger partial charge in [-0.25, -0.2) is 4.79 Å². The van der Waals surface area contributed by atoms with Crippen LogP contribution in [0.3, 0.4) is 0 Å². The van der Waals surface area contributed by atoms with Crippen molar-refractivity contribution < 1.29 is 22.7 Å². The van der Waals surface area contributed by atoms with Crippen LogP contribution in [0, 0.1) is 0 Å². The highest BCUT2D eigenvalue weighted by molar-refractivity contribution is 5.97. The van der Waals surface area contributed by atoms with Crippen molar-refractivity contribution in [2.45, 2.75) is 20.0 Å². The van der Waals surface area contributed by atoms with Crippen molar-refractivity contribution in [2.24, 2.45) is 0 Å². The molecule has 0 radical (unpaired) electrons. The average molecular weight is 349 g/mol. The van der Waals surface area contributed by atoms with Crippen LogP contribution in [0.2, 0.25) is 0 Å². The molecule has 0 aliphatic carbocycles. The molecule has 1 heterocycles. The summed E-state index contributed by atoms with van der Waals surface area (Å²) in [7, 11) is 1.17. The second-order valence-electron chi connectivity index (χ2n) is 5.02. The van der Waals surface area contributed by atoms with Crippen LogP contribution in [-0.4, -0.2) is 18.1 Å². The molecule has 0 saturated carbocycles. The number of fused-ring (bicyclic) bond motifs is 1. The minimum atomic E-state index is -4.53. The normalized spacial score (nSPS) is 11.0. The van der Waals surface area contributed by atoms with E-state index >= 15 is 0 Å². The van der Waals surface area contributed by atoms with Crippen LogP contribution < -0.4 is 0 Å². The van der Waals surface area contributed by atoms with Crippen molar-refractivity contribution in [1.29, 1.82) is 0 Å². The molecule has 25 heavy (non-hydrogen) atoms. The van der Waals surface area contributed by atoms with E-state index < -0.39 is 17.7 Å². The number of alkyl halides is 3. The molecule has 6 heteroatoms. The quantitative estimate of drug-likeness (QED) is 0.606. The maximum Gasteiger partial charge on any atom is 0.417 e. The molecule has 3 nitrogen and oxygen atoms in total. The van der Waals surface area contributed by atoms with E-state index in [0.29, 0.717) is 11.1 Å². The number of aromatic amines is 1. The van der Waals surface area contributed by atoms with Gasteiger partial charge in [-0.2, -0.15) is 13.2 Å². The first-order valence-corrected chi connectivity index (χ1v) is 7.78. The number of esters is 1. The van der Waals surface area contributed by atoms with Gasteiger partial charge in [0.05, 0.1) is 12.7 Å². The minimum Gasteiger partial charge on any atom is -0.464 e. The lowest BCUT2D eigenvalue weighted by atomic mass is 10.00. The molecule has 1 N–H and O–H groups in total. The van der Waals surface area contributed by atoms with Crippen LogP contribution in [-0.2, 0) is 10.9 Å². The van der Waals surface area contributed by atoms with E-state index in [1.165, 1.54) is 13.2 Å². The SMILES string of the molecule is CC.COC(=O)c1cc2c(C(F)(F)F)cc(-c3ccccc3)cc2[nH]1. The molecule has 0 amide bonds. The average Bonchev–Trinajstić information content (AvgIpc) is 3.05. The number of hydrogen-bond donors (Lipinski definition) is 1. The topological polar surface area (TPSA) is 42.1 Å². The number of aromatic nitrogens is 1. The van der Waals surface area contributed by atoms with E-state index in [4.69, 9.17) is 0 Å². The summed E-state index contributed by atoms with van der Waals surface area (Å²) in [6, 6.07) is 12.6. The largest absolute Gasteiger partial charge is 0.464 e. The molecule has 0 aliphatic rings. The Balaban J connectivity index is 0.00000109. The van der Waals surface area contributed by atoms with Crippen LogP contribution >= 0.6 is 0 Å². The number of hydrogen-bond acceptors (Lipinski definition) is 2. The van der Waals surface area contributed by atoms with E-state index in [1.54, 1.807) is 36.4 Å². The Morgan fingerprint density at radius 2 is 1.64 bits per heavy atom. The molecule has 0 fully saturated rings. The summed E-state index contributed by atoms with van der Waals surface area (Å²) in [4.78, 5) is 14.3. The second kappa shape index (κ2) is 7.42. The Labute approximate surface area is 143 Å². The van der Waals surface area contributed by atoms with Crippen LogP contribution in [0.15, 0.2) is 48.5 Å². The van der Waals surface area contributed by atoms with Gasteiger partial charge in [-0.15, -0.1) is 0 Å². The third-order valence-electron chi connectivity index (χ3n) is 3.56. The Kier molecular flexibility index (Phi) is 5.51. The molecular weight excluding hydrogens is 331 g/mol. The number of carbonyl (C=O) groups excluding carboxylic acids is 1. The third kappa shape index (κ3) is 3.84. The summed E-state index contributed by atoms with van der Waals surface area (Å²) in [5, 5.41) is -0.0578. The summed E-state index contributed by atoms with van der Waals surface area (Å²) in [6.07, 6.45) is -4.53. The number of halogens is 3. The van der Waals surface area contributed by atoms with Gasteiger partial charge in [0.2, 0.25) is 0 Å².